The second-order valence-corrected chi connectivity index (χ2v) is 7.57. The number of rotatable bonds is 4. The molecule has 3 aromatic rings. The molecule has 1 saturated heterocycles. The lowest BCUT2D eigenvalue weighted by Crippen LogP contribution is -2.43. The zero-order valence-electron chi connectivity index (χ0n) is 16.4. The Bertz CT molecular complexity index is 975. The topological polar surface area (TPSA) is 71.0 Å². The van der Waals surface area contributed by atoms with Gasteiger partial charge in [0.15, 0.2) is 5.65 Å². The van der Waals surface area contributed by atoms with Crippen molar-refractivity contribution in [3.05, 3.63) is 59.4 Å². The van der Waals surface area contributed by atoms with Gasteiger partial charge in [-0.05, 0) is 44.4 Å². The maximum Gasteiger partial charge on any atom is 0.226 e. The van der Waals surface area contributed by atoms with Crippen LogP contribution < -0.4 is 5.32 Å². The van der Waals surface area contributed by atoms with Gasteiger partial charge in [0.05, 0.1) is 6.42 Å². The van der Waals surface area contributed by atoms with Gasteiger partial charge in [0.25, 0.3) is 0 Å². The number of carbonyl (C=O) groups excluding carboxylic acids is 1. The first-order chi connectivity index (χ1) is 13.6. The molecule has 0 atom stereocenters. The molecule has 0 bridgehead atoms. The van der Waals surface area contributed by atoms with Crippen molar-refractivity contribution >= 4 is 22.9 Å². The summed E-state index contributed by atoms with van der Waals surface area (Å²) >= 11 is 0. The number of amides is 1. The quantitative estimate of drug-likeness (QED) is 0.758. The third kappa shape index (κ3) is 4.27. The molecule has 6 nitrogen and oxygen atoms in total. The molecule has 144 valence electrons. The maximum absolute atomic E-state index is 12.7. The van der Waals surface area contributed by atoms with Gasteiger partial charge in [0.1, 0.15) is 11.3 Å². The number of fused-ring (bicyclic) bond motifs is 1. The van der Waals surface area contributed by atoms with Crippen molar-refractivity contribution in [3.63, 3.8) is 0 Å². The van der Waals surface area contributed by atoms with Gasteiger partial charge < -0.3 is 10.2 Å². The van der Waals surface area contributed by atoms with Crippen LogP contribution in [0.5, 0.6) is 0 Å². The molecule has 28 heavy (non-hydrogen) atoms. The van der Waals surface area contributed by atoms with Crippen molar-refractivity contribution < 1.29 is 4.79 Å². The van der Waals surface area contributed by atoms with Gasteiger partial charge in [-0.2, -0.15) is 0 Å². The lowest BCUT2D eigenvalue weighted by Gasteiger charge is -2.32. The van der Waals surface area contributed by atoms with Gasteiger partial charge in [-0.1, -0.05) is 29.3 Å². The Morgan fingerprint density at radius 2 is 1.79 bits per heavy atom. The molecule has 1 N–H and O–H groups in total. The van der Waals surface area contributed by atoms with Gasteiger partial charge in [0, 0.05) is 31.5 Å². The summed E-state index contributed by atoms with van der Waals surface area (Å²) in [6, 6.07) is 10.5. The zero-order valence-corrected chi connectivity index (χ0v) is 16.4. The van der Waals surface area contributed by atoms with Crippen LogP contribution in [0.1, 0.15) is 29.5 Å². The number of carbonyl (C=O) groups is 1. The average molecular weight is 375 g/mol. The summed E-state index contributed by atoms with van der Waals surface area (Å²) in [6.45, 7) is 5.69. The Kier molecular flexibility index (Phi) is 5.19. The highest BCUT2D eigenvalue weighted by molar-refractivity contribution is 5.79. The van der Waals surface area contributed by atoms with E-state index in [2.05, 4.69) is 52.3 Å². The SMILES string of the molecule is Cc1cc(C)cc(CC(=O)N2CCC(Nc3ccc4nccnc4n3)CC2)c1. The number of benzene rings is 1. The van der Waals surface area contributed by atoms with E-state index in [1.165, 1.54) is 11.1 Å². The Morgan fingerprint density at radius 3 is 2.54 bits per heavy atom. The number of aromatic nitrogens is 3. The molecule has 3 heterocycles. The van der Waals surface area contributed by atoms with Gasteiger partial charge in [-0.3, -0.25) is 9.78 Å². The number of nitrogens with zero attached hydrogens (tertiary/aromatic N) is 4. The molecule has 0 radical (unpaired) electrons. The van der Waals surface area contributed by atoms with Gasteiger partial charge in [0.2, 0.25) is 5.91 Å². The monoisotopic (exact) mass is 375 g/mol. The van der Waals surface area contributed by atoms with E-state index in [1.54, 1.807) is 12.4 Å². The van der Waals surface area contributed by atoms with Crippen LogP contribution in [0.4, 0.5) is 5.82 Å². The predicted molar refractivity (Wildman–Crippen MR) is 110 cm³/mol. The summed E-state index contributed by atoms with van der Waals surface area (Å²) in [5.41, 5.74) is 4.95. The van der Waals surface area contributed by atoms with Crippen molar-refractivity contribution in [2.24, 2.45) is 0 Å². The Hall–Kier alpha value is -3.02. The lowest BCUT2D eigenvalue weighted by atomic mass is 10.0. The highest BCUT2D eigenvalue weighted by atomic mass is 16.2. The minimum absolute atomic E-state index is 0.211. The first kappa shape index (κ1) is 18.3. The molecular formula is C22H25N5O. The Labute approximate surface area is 165 Å². The van der Waals surface area contributed by atoms with Crippen LogP contribution in [-0.2, 0) is 11.2 Å². The number of likely N-dealkylation sites (tertiary alicyclic amines) is 1. The highest BCUT2D eigenvalue weighted by Crippen LogP contribution is 2.18. The van der Waals surface area contributed by atoms with Crippen LogP contribution >= 0.6 is 0 Å². The number of aryl methyl sites for hydroxylation is 2. The van der Waals surface area contributed by atoms with E-state index >= 15 is 0 Å². The Morgan fingerprint density at radius 1 is 1.07 bits per heavy atom. The lowest BCUT2D eigenvalue weighted by molar-refractivity contribution is -0.131. The number of piperidine rings is 1. The van der Waals surface area contributed by atoms with Crippen molar-refractivity contribution in [1.82, 2.24) is 19.9 Å². The number of hydrogen-bond acceptors (Lipinski definition) is 5. The van der Waals surface area contributed by atoms with E-state index < -0.39 is 0 Å². The molecule has 6 heteroatoms. The molecule has 0 spiro atoms. The second-order valence-electron chi connectivity index (χ2n) is 7.57. The fourth-order valence-electron chi connectivity index (χ4n) is 3.87. The molecule has 1 aromatic carbocycles. The predicted octanol–water partition coefficient (Wildman–Crippen LogP) is 3.29. The maximum atomic E-state index is 12.7. The first-order valence-electron chi connectivity index (χ1n) is 9.76. The van der Waals surface area contributed by atoms with Crippen molar-refractivity contribution in [1.29, 1.82) is 0 Å². The molecule has 1 aliphatic heterocycles. The van der Waals surface area contributed by atoms with E-state index in [4.69, 9.17) is 0 Å². The minimum Gasteiger partial charge on any atom is -0.367 e. The summed E-state index contributed by atoms with van der Waals surface area (Å²) in [5.74, 6) is 1.02. The number of pyridine rings is 1. The molecule has 2 aromatic heterocycles. The van der Waals surface area contributed by atoms with Crippen LogP contribution in [0.15, 0.2) is 42.7 Å². The molecule has 0 saturated carbocycles. The van der Waals surface area contributed by atoms with E-state index in [0.717, 1.165) is 42.8 Å². The molecular weight excluding hydrogens is 350 g/mol. The zero-order chi connectivity index (χ0) is 19.5. The van der Waals surface area contributed by atoms with E-state index in [1.807, 2.05) is 17.0 Å². The molecule has 0 unspecified atom stereocenters. The molecule has 0 aliphatic carbocycles. The minimum atomic E-state index is 0.211. The van der Waals surface area contributed by atoms with Crippen LogP contribution in [-0.4, -0.2) is 44.9 Å². The largest absolute Gasteiger partial charge is 0.367 e. The van der Waals surface area contributed by atoms with E-state index in [0.29, 0.717) is 18.1 Å². The summed E-state index contributed by atoms with van der Waals surface area (Å²) < 4.78 is 0. The number of hydrogen-bond donors (Lipinski definition) is 1. The molecule has 1 amide bonds. The van der Waals surface area contributed by atoms with Gasteiger partial charge >= 0.3 is 0 Å². The summed E-state index contributed by atoms with van der Waals surface area (Å²) in [4.78, 5) is 27.7. The van der Waals surface area contributed by atoms with Crippen molar-refractivity contribution in [3.8, 4) is 0 Å². The summed E-state index contributed by atoms with van der Waals surface area (Å²) in [5, 5.41) is 3.48. The third-order valence-electron chi connectivity index (χ3n) is 5.17. The molecule has 4 rings (SSSR count). The van der Waals surface area contributed by atoms with Crippen LogP contribution in [0.25, 0.3) is 11.2 Å². The first-order valence-corrected chi connectivity index (χ1v) is 9.76. The number of anilines is 1. The van der Waals surface area contributed by atoms with E-state index in [-0.39, 0.29) is 5.91 Å². The fraction of sp³-hybridized carbons (Fsp3) is 0.364. The third-order valence-corrected chi connectivity index (χ3v) is 5.17. The standard InChI is InChI=1S/C22H25N5O/c1-15-11-16(2)13-17(12-15)14-21(28)27-9-5-18(6-10-27)25-20-4-3-19-22(26-20)24-8-7-23-19/h3-4,7-8,11-13,18H,5-6,9-10,14H2,1-2H3,(H,24,25,26). The van der Waals surface area contributed by atoms with Crippen LogP contribution in [0.2, 0.25) is 0 Å². The van der Waals surface area contributed by atoms with Crippen LogP contribution in [0.3, 0.4) is 0 Å². The molecule has 1 aliphatic rings. The second kappa shape index (κ2) is 7.92. The van der Waals surface area contributed by atoms with Crippen molar-refractivity contribution in [2.75, 3.05) is 18.4 Å². The average Bonchev–Trinajstić information content (AvgIpc) is 2.67. The van der Waals surface area contributed by atoms with E-state index in [9.17, 15) is 4.79 Å². The van der Waals surface area contributed by atoms with Gasteiger partial charge in [-0.15, -0.1) is 0 Å². The fourth-order valence-corrected chi connectivity index (χ4v) is 3.87. The van der Waals surface area contributed by atoms with Crippen LogP contribution in [0, 0.1) is 13.8 Å². The smallest absolute Gasteiger partial charge is 0.226 e. The normalized spacial score (nSPS) is 15.0. The highest BCUT2D eigenvalue weighted by Gasteiger charge is 2.23. The number of nitrogens with one attached hydrogen (secondary N) is 1. The summed E-state index contributed by atoms with van der Waals surface area (Å²) in [6.07, 6.45) is 5.63. The summed E-state index contributed by atoms with van der Waals surface area (Å²) in [7, 11) is 0. The van der Waals surface area contributed by atoms with Gasteiger partial charge in [-0.25, -0.2) is 9.97 Å². The Balaban J connectivity index is 1.32. The molecule has 1 fully saturated rings. The van der Waals surface area contributed by atoms with Crippen molar-refractivity contribution in [2.45, 2.75) is 39.2 Å².